The van der Waals surface area contributed by atoms with Crippen molar-refractivity contribution < 1.29 is 0 Å². The third-order valence-electron chi connectivity index (χ3n) is 4.07. The average molecular weight is 386 g/mol. The number of benzene rings is 3. The maximum atomic E-state index is 6.51. The second-order valence-electron chi connectivity index (χ2n) is 5.92. The molecule has 0 aromatic heterocycles. The van der Waals surface area contributed by atoms with Crippen LogP contribution >= 0.6 is 35.4 Å². The van der Waals surface area contributed by atoms with Crippen LogP contribution in [0.25, 0.3) is 0 Å². The van der Waals surface area contributed by atoms with Crippen molar-refractivity contribution in [1.29, 1.82) is 0 Å². The summed E-state index contributed by atoms with van der Waals surface area (Å²) in [5.41, 5.74) is 6.02. The van der Waals surface area contributed by atoms with Gasteiger partial charge in [-0.3, -0.25) is 0 Å². The molecule has 1 N–H and O–H groups in total. The summed E-state index contributed by atoms with van der Waals surface area (Å²) in [4.78, 5) is 0.761. The van der Waals surface area contributed by atoms with Crippen LogP contribution in [0.5, 0.6) is 0 Å². The van der Waals surface area contributed by atoms with Gasteiger partial charge in [-0.15, -0.1) is 0 Å². The summed E-state index contributed by atoms with van der Waals surface area (Å²) in [6.45, 7) is 4.06. The van der Waals surface area contributed by atoms with E-state index in [1.165, 1.54) is 0 Å². The number of anilines is 2. The lowest BCUT2D eigenvalue weighted by atomic mass is 10.00. The van der Waals surface area contributed by atoms with E-state index >= 15 is 0 Å². The quantitative estimate of drug-likeness (QED) is 0.378. The molecule has 0 saturated carbocycles. The number of aryl methyl sites for hydroxylation is 2. The van der Waals surface area contributed by atoms with Crippen molar-refractivity contribution in [2.24, 2.45) is 0 Å². The third-order valence-corrected chi connectivity index (χ3v) is 5.06. The van der Waals surface area contributed by atoms with Crippen LogP contribution in [0.3, 0.4) is 0 Å². The molecule has 0 radical (unpaired) electrons. The van der Waals surface area contributed by atoms with Crippen LogP contribution in [-0.4, -0.2) is 4.86 Å². The molecule has 0 unspecified atom stereocenters. The first-order valence-electron chi connectivity index (χ1n) is 7.89. The van der Waals surface area contributed by atoms with E-state index in [4.69, 9.17) is 35.4 Å². The lowest BCUT2D eigenvalue weighted by Gasteiger charge is -2.13. The zero-order chi connectivity index (χ0) is 18.0. The number of hydrogen-bond acceptors (Lipinski definition) is 2. The Bertz CT molecular complexity index is 950. The minimum Gasteiger partial charge on any atom is -0.355 e. The fourth-order valence-corrected chi connectivity index (χ4v) is 3.64. The van der Waals surface area contributed by atoms with Crippen molar-refractivity contribution in [2.45, 2.75) is 13.8 Å². The second kappa shape index (κ2) is 7.57. The van der Waals surface area contributed by atoms with E-state index < -0.39 is 0 Å². The van der Waals surface area contributed by atoms with Crippen molar-refractivity contribution in [3.8, 4) is 0 Å². The van der Waals surface area contributed by atoms with E-state index in [0.717, 1.165) is 43.5 Å². The molecule has 3 rings (SSSR count). The van der Waals surface area contributed by atoms with Crippen LogP contribution in [0.1, 0.15) is 22.3 Å². The van der Waals surface area contributed by atoms with E-state index in [9.17, 15) is 0 Å². The maximum Gasteiger partial charge on any atom is 0.0539 e. The predicted octanol–water partition coefficient (Wildman–Crippen LogP) is 7.12. The minimum atomic E-state index is 0.630. The smallest absolute Gasteiger partial charge is 0.0539 e. The highest BCUT2D eigenvalue weighted by Gasteiger charge is 2.12. The SMILES string of the molecule is Cc1cc(Cl)ccc1Nc1ccc(C(=S)c2ccccc2C)c(Cl)c1. The summed E-state index contributed by atoms with van der Waals surface area (Å²) in [5.74, 6) is 0. The number of rotatable bonds is 4. The van der Waals surface area contributed by atoms with Gasteiger partial charge in [0.2, 0.25) is 0 Å². The third kappa shape index (κ3) is 4.04. The Morgan fingerprint density at radius 3 is 2.28 bits per heavy atom. The first kappa shape index (κ1) is 17.9. The lowest BCUT2D eigenvalue weighted by Crippen LogP contribution is -2.03. The van der Waals surface area contributed by atoms with Gasteiger partial charge in [-0.25, -0.2) is 0 Å². The molecule has 0 amide bonds. The topological polar surface area (TPSA) is 12.0 Å². The molecule has 0 atom stereocenters. The fourth-order valence-electron chi connectivity index (χ4n) is 2.67. The Balaban J connectivity index is 1.88. The van der Waals surface area contributed by atoms with Gasteiger partial charge in [-0.05, 0) is 66.9 Å². The van der Waals surface area contributed by atoms with Crippen LogP contribution < -0.4 is 5.32 Å². The van der Waals surface area contributed by atoms with Gasteiger partial charge in [0.15, 0.2) is 0 Å². The van der Waals surface area contributed by atoms with E-state index in [-0.39, 0.29) is 0 Å². The molecule has 0 aliphatic carbocycles. The molecule has 0 aliphatic rings. The molecular formula is C21H17Cl2NS. The minimum absolute atomic E-state index is 0.630. The summed E-state index contributed by atoms with van der Waals surface area (Å²) in [6, 6.07) is 19.7. The normalized spacial score (nSPS) is 10.6. The fraction of sp³-hybridized carbons (Fsp3) is 0.0952. The van der Waals surface area contributed by atoms with Crippen molar-refractivity contribution in [3.63, 3.8) is 0 Å². The zero-order valence-electron chi connectivity index (χ0n) is 13.9. The summed E-state index contributed by atoms with van der Waals surface area (Å²) < 4.78 is 0. The Labute approximate surface area is 163 Å². The zero-order valence-corrected chi connectivity index (χ0v) is 16.3. The highest BCUT2D eigenvalue weighted by molar-refractivity contribution is 7.81. The lowest BCUT2D eigenvalue weighted by molar-refractivity contribution is 1.43. The van der Waals surface area contributed by atoms with Crippen LogP contribution in [0.2, 0.25) is 10.0 Å². The van der Waals surface area contributed by atoms with E-state index in [2.05, 4.69) is 18.3 Å². The Morgan fingerprint density at radius 2 is 1.60 bits per heavy atom. The number of thiocarbonyl (C=S) groups is 1. The maximum absolute atomic E-state index is 6.51. The monoisotopic (exact) mass is 385 g/mol. The van der Waals surface area contributed by atoms with E-state index in [1.807, 2.05) is 61.5 Å². The standard InChI is InChI=1S/C21H17Cl2NS/c1-13-5-3-4-6-17(13)21(25)18-9-8-16(12-19(18)23)24-20-10-7-15(22)11-14(20)2/h3-12,24H,1-2H3. The largest absolute Gasteiger partial charge is 0.355 e. The van der Waals surface area contributed by atoms with Gasteiger partial charge in [-0.2, -0.15) is 0 Å². The summed E-state index contributed by atoms with van der Waals surface area (Å²) in [7, 11) is 0. The molecule has 0 heterocycles. The molecule has 0 fully saturated rings. The van der Waals surface area contributed by atoms with Crippen molar-refractivity contribution in [2.75, 3.05) is 5.32 Å². The molecule has 3 aromatic rings. The first-order valence-corrected chi connectivity index (χ1v) is 9.05. The van der Waals surface area contributed by atoms with Gasteiger partial charge in [0.25, 0.3) is 0 Å². The van der Waals surface area contributed by atoms with Gasteiger partial charge in [0, 0.05) is 22.0 Å². The second-order valence-corrected chi connectivity index (χ2v) is 7.17. The van der Waals surface area contributed by atoms with Gasteiger partial charge in [0.05, 0.1) is 9.89 Å². The highest BCUT2D eigenvalue weighted by Crippen LogP contribution is 2.28. The van der Waals surface area contributed by atoms with Crippen molar-refractivity contribution in [3.05, 3.63) is 93.0 Å². The molecule has 0 spiro atoms. The number of halogens is 2. The van der Waals surface area contributed by atoms with Crippen LogP contribution in [0.15, 0.2) is 60.7 Å². The van der Waals surface area contributed by atoms with Gasteiger partial charge in [-0.1, -0.05) is 59.7 Å². The molecule has 126 valence electrons. The van der Waals surface area contributed by atoms with Crippen molar-refractivity contribution >= 4 is 51.7 Å². The Hall–Kier alpha value is -1.87. The molecule has 0 aliphatic heterocycles. The average Bonchev–Trinajstić information content (AvgIpc) is 2.57. The summed E-state index contributed by atoms with van der Waals surface area (Å²) >= 11 is 18.2. The van der Waals surface area contributed by atoms with Gasteiger partial charge >= 0.3 is 0 Å². The van der Waals surface area contributed by atoms with Gasteiger partial charge < -0.3 is 5.32 Å². The molecule has 0 saturated heterocycles. The van der Waals surface area contributed by atoms with Crippen LogP contribution in [0, 0.1) is 13.8 Å². The molecule has 25 heavy (non-hydrogen) atoms. The molecular weight excluding hydrogens is 369 g/mol. The van der Waals surface area contributed by atoms with Crippen LogP contribution in [0.4, 0.5) is 11.4 Å². The summed E-state index contributed by atoms with van der Waals surface area (Å²) in [5, 5.41) is 4.72. The number of nitrogens with one attached hydrogen (secondary N) is 1. The predicted molar refractivity (Wildman–Crippen MR) is 113 cm³/mol. The van der Waals surface area contributed by atoms with E-state index in [1.54, 1.807) is 0 Å². The summed E-state index contributed by atoms with van der Waals surface area (Å²) in [6.07, 6.45) is 0. The number of hydrogen-bond donors (Lipinski definition) is 1. The molecule has 3 aromatic carbocycles. The van der Waals surface area contributed by atoms with Gasteiger partial charge in [0.1, 0.15) is 0 Å². The molecule has 0 bridgehead atoms. The van der Waals surface area contributed by atoms with E-state index in [0.29, 0.717) is 5.02 Å². The first-order chi connectivity index (χ1) is 12.0. The van der Waals surface area contributed by atoms with Crippen LogP contribution in [-0.2, 0) is 0 Å². The molecule has 4 heteroatoms. The Kier molecular flexibility index (Phi) is 5.43. The van der Waals surface area contributed by atoms with Crippen molar-refractivity contribution in [1.82, 2.24) is 0 Å². The molecule has 1 nitrogen and oxygen atoms in total. The Morgan fingerprint density at radius 1 is 0.840 bits per heavy atom. The highest BCUT2D eigenvalue weighted by atomic mass is 35.5.